The minimum Gasteiger partial charge on any atom is -0.325 e. The molecule has 0 fully saturated rings. The molecule has 19 heavy (non-hydrogen) atoms. The highest BCUT2D eigenvalue weighted by atomic mass is 79.9. The summed E-state index contributed by atoms with van der Waals surface area (Å²) in [6, 6.07) is 10.2. The Bertz CT molecular complexity index is 533. The van der Waals surface area contributed by atoms with E-state index in [0.29, 0.717) is 0 Å². The van der Waals surface area contributed by atoms with E-state index in [9.17, 15) is 0 Å². The molecule has 0 aliphatic carbocycles. The standard InChI is InChI=1S/C14H15BrClN3/c1-2-3-9-19(11-7-5-4-6-8-11)13-12(15)10-17-14(16)18-13/h4-8,10H,2-3,9H2,1H3. The number of rotatable bonds is 5. The Hall–Kier alpha value is -1.13. The van der Waals surface area contributed by atoms with Crippen molar-refractivity contribution in [3.8, 4) is 0 Å². The number of benzene rings is 1. The highest BCUT2D eigenvalue weighted by Gasteiger charge is 2.14. The number of unbranched alkanes of at least 4 members (excludes halogenated alkanes) is 1. The minimum absolute atomic E-state index is 0.260. The first-order chi connectivity index (χ1) is 9.22. The fraction of sp³-hybridized carbons (Fsp3) is 0.286. The molecular weight excluding hydrogens is 326 g/mol. The summed E-state index contributed by atoms with van der Waals surface area (Å²) in [4.78, 5) is 10.5. The molecule has 1 aromatic carbocycles. The zero-order valence-corrected chi connectivity index (χ0v) is 13.0. The average molecular weight is 341 g/mol. The van der Waals surface area contributed by atoms with Crippen LogP contribution in [0, 0.1) is 0 Å². The van der Waals surface area contributed by atoms with Gasteiger partial charge in [-0.25, -0.2) is 4.98 Å². The number of hydrogen-bond acceptors (Lipinski definition) is 3. The summed E-state index contributed by atoms with van der Waals surface area (Å²) in [5, 5.41) is 0.260. The lowest BCUT2D eigenvalue weighted by Gasteiger charge is -2.24. The first kappa shape index (κ1) is 14.3. The van der Waals surface area contributed by atoms with Crippen LogP contribution in [0.25, 0.3) is 0 Å². The summed E-state index contributed by atoms with van der Waals surface area (Å²) in [5.74, 6) is 0.805. The summed E-state index contributed by atoms with van der Waals surface area (Å²) >= 11 is 9.41. The second-order valence-corrected chi connectivity index (χ2v) is 5.34. The second-order valence-electron chi connectivity index (χ2n) is 4.15. The Kier molecular flexibility index (Phi) is 5.16. The van der Waals surface area contributed by atoms with Gasteiger partial charge in [-0.3, -0.25) is 0 Å². The van der Waals surface area contributed by atoms with E-state index in [1.54, 1.807) is 6.20 Å². The predicted molar refractivity (Wildman–Crippen MR) is 83.1 cm³/mol. The number of nitrogens with zero attached hydrogens (tertiary/aromatic N) is 3. The van der Waals surface area contributed by atoms with Crippen molar-refractivity contribution in [2.75, 3.05) is 11.4 Å². The van der Waals surface area contributed by atoms with E-state index in [1.165, 1.54) is 0 Å². The van der Waals surface area contributed by atoms with Gasteiger partial charge in [-0.15, -0.1) is 0 Å². The molecule has 3 nitrogen and oxygen atoms in total. The predicted octanol–water partition coefficient (Wildman–Crippen LogP) is 4.83. The maximum atomic E-state index is 5.91. The lowest BCUT2D eigenvalue weighted by molar-refractivity contribution is 0.777. The van der Waals surface area contributed by atoms with Crippen LogP contribution in [-0.2, 0) is 0 Å². The molecule has 0 saturated heterocycles. The molecule has 2 aromatic rings. The number of para-hydroxylation sites is 1. The van der Waals surface area contributed by atoms with Crippen LogP contribution in [0.4, 0.5) is 11.5 Å². The van der Waals surface area contributed by atoms with Gasteiger partial charge in [-0.2, -0.15) is 4.98 Å². The van der Waals surface area contributed by atoms with Gasteiger partial charge in [-0.05, 0) is 46.1 Å². The van der Waals surface area contributed by atoms with Gasteiger partial charge in [-0.1, -0.05) is 31.5 Å². The first-order valence-electron chi connectivity index (χ1n) is 6.23. The maximum absolute atomic E-state index is 5.91. The first-order valence-corrected chi connectivity index (χ1v) is 7.40. The van der Waals surface area contributed by atoms with E-state index in [-0.39, 0.29) is 5.28 Å². The van der Waals surface area contributed by atoms with Gasteiger partial charge in [0, 0.05) is 18.4 Å². The Morgan fingerprint density at radius 3 is 2.68 bits per heavy atom. The van der Waals surface area contributed by atoms with Gasteiger partial charge >= 0.3 is 0 Å². The third-order valence-electron chi connectivity index (χ3n) is 2.76. The van der Waals surface area contributed by atoms with Crippen molar-refractivity contribution >= 4 is 39.0 Å². The molecule has 0 radical (unpaired) electrons. The fourth-order valence-electron chi connectivity index (χ4n) is 1.81. The van der Waals surface area contributed by atoms with Crippen LogP contribution in [-0.4, -0.2) is 16.5 Å². The lowest BCUT2D eigenvalue weighted by atomic mass is 10.2. The van der Waals surface area contributed by atoms with Gasteiger partial charge in [0.1, 0.15) is 0 Å². The molecule has 0 N–H and O–H groups in total. The molecule has 5 heteroatoms. The van der Waals surface area contributed by atoms with Crippen LogP contribution in [0.2, 0.25) is 5.28 Å². The Labute approximate surface area is 126 Å². The third kappa shape index (κ3) is 3.67. The number of hydrogen-bond donors (Lipinski definition) is 0. The summed E-state index contributed by atoms with van der Waals surface area (Å²) in [6.07, 6.45) is 3.90. The summed E-state index contributed by atoms with van der Waals surface area (Å²) < 4.78 is 0.844. The van der Waals surface area contributed by atoms with Gasteiger partial charge in [0.15, 0.2) is 5.82 Å². The second kappa shape index (κ2) is 6.87. The molecule has 100 valence electrons. The van der Waals surface area contributed by atoms with E-state index in [1.807, 2.05) is 18.2 Å². The quantitative estimate of drug-likeness (QED) is 0.730. The molecule has 0 bridgehead atoms. The molecule has 0 aliphatic rings. The molecule has 0 saturated carbocycles. The van der Waals surface area contributed by atoms with E-state index < -0.39 is 0 Å². The van der Waals surface area contributed by atoms with Crippen LogP contribution in [0.5, 0.6) is 0 Å². The normalized spacial score (nSPS) is 10.5. The van der Waals surface area contributed by atoms with Crippen molar-refractivity contribution in [1.82, 2.24) is 9.97 Å². The molecule has 0 aliphatic heterocycles. The zero-order valence-electron chi connectivity index (χ0n) is 10.7. The Morgan fingerprint density at radius 1 is 1.26 bits per heavy atom. The lowest BCUT2D eigenvalue weighted by Crippen LogP contribution is -2.20. The van der Waals surface area contributed by atoms with Gasteiger partial charge in [0.05, 0.1) is 4.47 Å². The Balaban J connectivity index is 2.40. The number of anilines is 2. The van der Waals surface area contributed by atoms with Crippen LogP contribution in [0.3, 0.4) is 0 Å². The zero-order chi connectivity index (χ0) is 13.7. The van der Waals surface area contributed by atoms with E-state index in [2.05, 4.69) is 49.9 Å². The van der Waals surface area contributed by atoms with Crippen molar-refractivity contribution in [2.24, 2.45) is 0 Å². The fourth-order valence-corrected chi connectivity index (χ4v) is 2.34. The topological polar surface area (TPSA) is 29.0 Å². The molecule has 1 aromatic heterocycles. The molecule has 2 rings (SSSR count). The van der Waals surface area contributed by atoms with Crippen LogP contribution in [0.1, 0.15) is 19.8 Å². The van der Waals surface area contributed by atoms with Gasteiger partial charge in [0.2, 0.25) is 5.28 Å². The molecule has 0 atom stereocenters. The Morgan fingerprint density at radius 2 is 2.00 bits per heavy atom. The van der Waals surface area contributed by atoms with E-state index in [0.717, 1.165) is 35.4 Å². The summed E-state index contributed by atoms with van der Waals surface area (Å²) in [7, 11) is 0. The molecule has 0 amide bonds. The number of aromatic nitrogens is 2. The van der Waals surface area contributed by atoms with E-state index >= 15 is 0 Å². The largest absolute Gasteiger partial charge is 0.325 e. The highest BCUT2D eigenvalue weighted by molar-refractivity contribution is 9.10. The third-order valence-corrected chi connectivity index (χ3v) is 3.50. The highest BCUT2D eigenvalue weighted by Crippen LogP contribution is 2.30. The number of halogens is 2. The van der Waals surface area contributed by atoms with Crippen molar-refractivity contribution < 1.29 is 0 Å². The molecule has 1 heterocycles. The van der Waals surface area contributed by atoms with Gasteiger partial charge in [0.25, 0.3) is 0 Å². The molecular formula is C14H15BrClN3. The van der Waals surface area contributed by atoms with Crippen LogP contribution < -0.4 is 4.90 Å². The molecule has 0 spiro atoms. The van der Waals surface area contributed by atoms with Crippen LogP contribution >= 0.6 is 27.5 Å². The average Bonchev–Trinajstić information content (AvgIpc) is 2.44. The van der Waals surface area contributed by atoms with Crippen molar-refractivity contribution in [1.29, 1.82) is 0 Å². The minimum atomic E-state index is 0.260. The monoisotopic (exact) mass is 339 g/mol. The van der Waals surface area contributed by atoms with Crippen molar-refractivity contribution in [3.05, 3.63) is 46.3 Å². The van der Waals surface area contributed by atoms with Crippen LogP contribution in [0.15, 0.2) is 41.0 Å². The summed E-state index contributed by atoms with van der Waals surface area (Å²) in [6.45, 7) is 3.07. The van der Waals surface area contributed by atoms with E-state index in [4.69, 9.17) is 11.6 Å². The van der Waals surface area contributed by atoms with Gasteiger partial charge < -0.3 is 4.90 Å². The molecule has 0 unspecified atom stereocenters. The van der Waals surface area contributed by atoms with Crippen molar-refractivity contribution in [2.45, 2.75) is 19.8 Å². The van der Waals surface area contributed by atoms with Crippen molar-refractivity contribution in [3.63, 3.8) is 0 Å². The summed E-state index contributed by atoms with van der Waals surface area (Å²) in [5.41, 5.74) is 1.10. The SMILES string of the molecule is CCCCN(c1ccccc1)c1nc(Cl)ncc1Br. The maximum Gasteiger partial charge on any atom is 0.224 e. The smallest absolute Gasteiger partial charge is 0.224 e.